The van der Waals surface area contributed by atoms with Crippen LogP contribution in [0.4, 0.5) is 0 Å². The van der Waals surface area contributed by atoms with Crippen molar-refractivity contribution in [1.82, 2.24) is 5.32 Å². The lowest BCUT2D eigenvalue weighted by Crippen LogP contribution is -2.42. The van der Waals surface area contributed by atoms with E-state index in [0.717, 1.165) is 30.7 Å². The lowest BCUT2D eigenvalue weighted by molar-refractivity contribution is 0.0535. The molecule has 2 rings (SSSR count). The molecule has 0 heterocycles. The van der Waals surface area contributed by atoms with Crippen LogP contribution in [0.15, 0.2) is 0 Å². The Morgan fingerprint density at radius 3 is 2.53 bits per heavy atom. The maximum atomic E-state index is 5.64. The number of hydrogen-bond acceptors (Lipinski definition) is 2. The van der Waals surface area contributed by atoms with Crippen LogP contribution in [0.25, 0.3) is 0 Å². The third-order valence-electron chi connectivity index (χ3n) is 5.06. The molecular weight excluding hydrogens is 210 g/mol. The van der Waals surface area contributed by atoms with E-state index >= 15 is 0 Å². The first-order chi connectivity index (χ1) is 8.28. The van der Waals surface area contributed by atoms with Gasteiger partial charge in [-0.3, -0.25) is 0 Å². The van der Waals surface area contributed by atoms with E-state index < -0.39 is 0 Å². The molecule has 2 heteroatoms. The SMILES string of the molecule is CCNC(CC1CC2CCC1C2)C(CC)OC. The van der Waals surface area contributed by atoms with E-state index in [1.165, 1.54) is 32.1 Å². The summed E-state index contributed by atoms with van der Waals surface area (Å²) in [5.41, 5.74) is 0. The molecule has 5 atom stereocenters. The molecule has 0 radical (unpaired) electrons. The summed E-state index contributed by atoms with van der Waals surface area (Å²) in [7, 11) is 1.86. The van der Waals surface area contributed by atoms with Crippen molar-refractivity contribution < 1.29 is 4.74 Å². The minimum absolute atomic E-state index is 0.397. The average Bonchev–Trinajstić information content (AvgIpc) is 2.93. The molecule has 2 fully saturated rings. The van der Waals surface area contributed by atoms with Crippen LogP contribution in [0.1, 0.15) is 52.4 Å². The van der Waals surface area contributed by atoms with Crippen molar-refractivity contribution in [3.63, 3.8) is 0 Å². The van der Waals surface area contributed by atoms with Crippen molar-refractivity contribution in [3.8, 4) is 0 Å². The highest BCUT2D eigenvalue weighted by molar-refractivity contribution is 4.92. The molecule has 100 valence electrons. The van der Waals surface area contributed by atoms with Crippen LogP contribution >= 0.6 is 0 Å². The van der Waals surface area contributed by atoms with Crippen molar-refractivity contribution in [2.45, 2.75) is 64.5 Å². The van der Waals surface area contributed by atoms with Crippen LogP contribution < -0.4 is 5.32 Å². The van der Waals surface area contributed by atoms with Gasteiger partial charge >= 0.3 is 0 Å². The van der Waals surface area contributed by atoms with E-state index in [-0.39, 0.29) is 0 Å². The van der Waals surface area contributed by atoms with Gasteiger partial charge < -0.3 is 10.1 Å². The number of nitrogens with one attached hydrogen (secondary N) is 1. The molecule has 2 saturated carbocycles. The number of likely N-dealkylation sites (N-methyl/N-ethyl adjacent to an activating group) is 1. The maximum Gasteiger partial charge on any atom is 0.0721 e. The van der Waals surface area contributed by atoms with Gasteiger partial charge in [0.15, 0.2) is 0 Å². The van der Waals surface area contributed by atoms with Gasteiger partial charge in [-0.25, -0.2) is 0 Å². The molecule has 0 aliphatic heterocycles. The van der Waals surface area contributed by atoms with Crippen LogP contribution in [0.3, 0.4) is 0 Å². The molecule has 5 unspecified atom stereocenters. The van der Waals surface area contributed by atoms with E-state index in [1.54, 1.807) is 0 Å². The largest absolute Gasteiger partial charge is 0.380 e. The Morgan fingerprint density at radius 2 is 2.06 bits per heavy atom. The average molecular weight is 239 g/mol. The quantitative estimate of drug-likeness (QED) is 0.736. The standard InChI is InChI=1S/C15H29NO/c1-4-15(17-3)14(16-5-2)10-13-9-11-6-7-12(13)8-11/h11-16H,4-10H2,1-3H3. The molecule has 17 heavy (non-hydrogen) atoms. The van der Waals surface area contributed by atoms with Crippen LogP contribution in [0, 0.1) is 17.8 Å². The molecule has 2 aliphatic carbocycles. The summed E-state index contributed by atoms with van der Waals surface area (Å²) in [6.07, 6.45) is 8.87. The van der Waals surface area contributed by atoms with Crippen LogP contribution in [-0.4, -0.2) is 25.8 Å². The van der Waals surface area contributed by atoms with Gasteiger partial charge in [-0.1, -0.05) is 20.3 Å². The highest BCUT2D eigenvalue weighted by Crippen LogP contribution is 2.50. The number of methoxy groups -OCH3 is 1. The smallest absolute Gasteiger partial charge is 0.0721 e. The van der Waals surface area contributed by atoms with Crippen molar-refractivity contribution in [1.29, 1.82) is 0 Å². The molecule has 2 nitrogen and oxygen atoms in total. The summed E-state index contributed by atoms with van der Waals surface area (Å²) in [6.45, 7) is 5.50. The van der Waals surface area contributed by atoms with Gasteiger partial charge in [0.05, 0.1) is 6.10 Å². The van der Waals surface area contributed by atoms with Crippen molar-refractivity contribution >= 4 is 0 Å². The van der Waals surface area contributed by atoms with Crippen molar-refractivity contribution in [2.75, 3.05) is 13.7 Å². The highest BCUT2D eigenvalue weighted by atomic mass is 16.5. The zero-order valence-electron chi connectivity index (χ0n) is 11.7. The lowest BCUT2D eigenvalue weighted by atomic mass is 9.83. The second-order valence-corrected chi connectivity index (χ2v) is 6.02. The molecule has 0 aromatic rings. The summed E-state index contributed by atoms with van der Waals surface area (Å²) in [5, 5.41) is 3.65. The van der Waals surface area contributed by atoms with E-state index in [0.29, 0.717) is 12.1 Å². The second-order valence-electron chi connectivity index (χ2n) is 6.02. The van der Waals surface area contributed by atoms with E-state index in [2.05, 4.69) is 19.2 Å². The molecule has 2 aliphatic rings. The third kappa shape index (κ3) is 3.03. The van der Waals surface area contributed by atoms with Gasteiger partial charge in [0.2, 0.25) is 0 Å². The molecule has 0 saturated heterocycles. The monoisotopic (exact) mass is 239 g/mol. The number of fused-ring (bicyclic) bond motifs is 2. The first kappa shape index (κ1) is 13.4. The third-order valence-corrected chi connectivity index (χ3v) is 5.06. The minimum atomic E-state index is 0.397. The normalized spacial score (nSPS) is 35.1. The Hall–Kier alpha value is -0.0800. The number of ether oxygens (including phenoxy) is 1. The van der Waals surface area contributed by atoms with Gasteiger partial charge in [0.1, 0.15) is 0 Å². The topological polar surface area (TPSA) is 21.3 Å². The molecule has 0 spiro atoms. The molecule has 0 aromatic heterocycles. The zero-order valence-corrected chi connectivity index (χ0v) is 11.7. The number of rotatable bonds is 7. The van der Waals surface area contributed by atoms with Crippen LogP contribution in [0.5, 0.6) is 0 Å². The van der Waals surface area contributed by atoms with Gasteiger partial charge in [-0.15, -0.1) is 0 Å². The van der Waals surface area contributed by atoms with Crippen molar-refractivity contribution in [3.05, 3.63) is 0 Å². The Labute approximate surface area is 107 Å². The fraction of sp³-hybridized carbons (Fsp3) is 1.00. The van der Waals surface area contributed by atoms with Crippen LogP contribution in [0.2, 0.25) is 0 Å². The van der Waals surface area contributed by atoms with E-state index in [1.807, 2.05) is 7.11 Å². The Kier molecular flexibility index (Phi) is 4.87. The van der Waals surface area contributed by atoms with Gasteiger partial charge in [-0.05, 0) is 56.4 Å². The lowest BCUT2D eigenvalue weighted by Gasteiger charge is -2.31. The minimum Gasteiger partial charge on any atom is -0.380 e. The van der Waals surface area contributed by atoms with Gasteiger partial charge in [-0.2, -0.15) is 0 Å². The highest BCUT2D eigenvalue weighted by Gasteiger charge is 2.40. The number of hydrogen-bond donors (Lipinski definition) is 1. The van der Waals surface area contributed by atoms with Gasteiger partial charge in [0, 0.05) is 13.2 Å². The predicted molar refractivity (Wildman–Crippen MR) is 72.1 cm³/mol. The van der Waals surface area contributed by atoms with E-state index in [9.17, 15) is 0 Å². The first-order valence-corrected chi connectivity index (χ1v) is 7.54. The fourth-order valence-corrected chi connectivity index (χ4v) is 4.24. The molecule has 2 bridgehead atoms. The molecule has 0 amide bonds. The second kappa shape index (κ2) is 6.19. The fourth-order valence-electron chi connectivity index (χ4n) is 4.24. The zero-order chi connectivity index (χ0) is 12.3. The first-order valence-electron chi connectivity index (χ1n) is 7.54. The Bertz CT molecular complexity index is 227. The molecule has 0 aromatic carbocycles. The summed E-state index contributed by atoms with van der Waals surface area (Å²) in [5.74, 6) is 3.08. The Balaban J connectivity index is 1.88. The predicted octanol–water partition coefficient (Wildman–Crippen LogP) is 3.22. The molecule has 1 N–H and O–H groups in total. The molecular formula is C15H29NO. The van der Waals surface area contributed by atoms with Crippen molar-refractivity contribution in [2.24, 2.45) is 17.8 Å². The maximum absolute atomic E-state index is 5.64. The van der Waals surface area contributed by atoms with E-state index in [4.69, 9.17) is 4.74 Å². The summed E-state index contributed by atoms with van der Waals surface area (Å²) in [6, 6.07) is 0.569. The van der Waals surface area contributed by atoms with Crippen LogP contribution in [-0.2, 0) is 4.74 Å². The summed E-state index contributed by atoms with van der Waals surface area (Å²) in [4.78, 5) is 0. The summed E-state index contributed by atoms with van der Waals surface area (Å²) < 4.78 is 5.64. The summed E-state index contributed by atoms with van der Waals surface area (Å²) >= 11 is 0. The Morgan fingerprint density at radius 1 is 1.24 bits per heavy atom. The van der Waals surface area contributed by atoms with Gasteiger partial charge in [0.25, 0.3) is 0 Å².